The zero-order valence-electron chi connectivity index (χ0n) is 12.1. The smallest absolute Gasteiger partial charge is 0.273 e. The van der Waals surface area contributed by atoms with Gasteiger partial charge in [0.1, 0.15) is 6.10 Å². The Morgan fingerprint density at radius 3 is 2.76 bits per heavy atom. The van der Waals surface area contributed by atoms with E-state index in [1.807, 2.05) is 0 Å². The predicted molar refractivity (Wildman–Crippen MR) is 74.3 cm³/mol. The molecule has 8 heteroatoms. The van der Waals surface area contributed by atoms with Crippen LogP contribution in [0.1, 0.15) is 41.9 Å². The average Bonchev–Trinajstić information content (AvgIpc) is 3.07. The lowest BCUT2D eigenvalue weighted by atomic mass is 10.1. The van der Waals surface area contributed by atoms with Gasteiger partial charge < -0.3 is 16.2 Å². The number of nitrogens with one attached hydrogen (secondary N) is 1. The van der Waals surface area contributed by atoms with Gasteiger partial charge in [0.25, 0.3) is 5.91 Å². The highest BCUT2D eigenvalue weighted by molar-refractivity contribution is 5.93. The molecule has 8 nitrogen and oxygen atoms in total. The van der Waals surface area contributed by atoms with E-state index < -0.39 is 17.9 Å². The second-order valence-corrected chi connectivity index (χ2v) is 5.48. The van der Waals surface area contributed by atoms with E-state index in [9.17, 15) is 14.7 Å². The number of nitrogens with zero attached hydrogens (tertiary/aromatic N) is 3. The lowest BCUT2D eigenvalue weighted by Gasteiger charge is -2.10. The number of amides is 2. The van der Waals surface area contributed by atoms with E-state index in [0.29, 0.717) is 11.6 Å². The Morgan fingerprint density at radius 2 is 2.14 bits per heavy atom. The first-order valence-electron chi connectivity index (χ1n) is 7.14. The second-order valence-electron chi connectivity index (χ2n) is 5.48. The molecule has 116 valence electrons. The van der Waals surface area contributed by atoms with Gasteiger partial charge in [0, 0.05) is 6.54 Å². The molecule has 1 fully saturated rings. The zero-order valence-corrected chi connectivity index (χ0v) is 12.1. The van der Waals surface area contributed by atoms with Crippen molar-refractivity contribution in [2.45, 2.75) is 45.3 Å². The standard InChI is InChI=1S/C13H21N5O3/c1-8-11(13(21)15-6-10(19)12(14)20)16-17-18(8)7-9-4-2-3-5-9/h9-10,19H,2-7H2,1H3,(H2,14,20)(H,15,21). The van der Waals surface area contributed by atoms with Crippen LogP contribution in [0.15, 0.2) is 0 Å². The molecular formula is C13H21N5O3. The maximum Gasteiger partial charge on any atom is 0.273 e. The molecule has 1 atom stereocenters. The van der Waals surface area contributed by atoms with Gasteiger partial charge >= 0.3 is 0 Å². The molecule has 0 bridgehead atoms. The summed E-state index contributed by atoms with van der Waals surface area (Å²) in [5, 5.41) is 19.6. The fourth-order valence-electron chi connectivity index (χ4n) is 2.55. The first-order valence-corrected chi connectivity index (χ1v) is 7.14. The third-order valence-corrected chi connectivity index (χ3v) is 3.89. The van der Waals surface area contributed by atoms with Crippen LogP contribution < -0.4 is 11.1 Å². The Labute approximate surface area is 122 Å². The summed E-state index contributed by atoms with van der Waals surface area (Å²) in [4.78, 5) is 22.7. The Hall–Kier alpha value is -1.96. The van der Waals surface area contributed by atoms with Crippen LogP contribution in [0.5, 0.6) is 0 Å². The van der Waals surface area contributed by atoms with E-state index in [1.165, 1.54) is 25.7 Å². The Balaban J connectivity index is 1.95. The minimum Gasteiger partial charge on any atom is -0.381 e. The molecule has 1 heterocycles. The molecule has 0 aromatic carbocycles. The monoisotopic (exact) mass is 295 g/mol. The number of aliphatic hydroxyl groups excluding tert-OH is 1. The number of carbonyl (C=O) groups excluding carboxylic acids is 2. The summed E-state index contributed by atoms with van der Waals surface area (Å²) in [6, 6.07) is 0. The van der Waals surface area contributed by atoms with Crippen LogP contribution in [0.2, 0.25) is 0 Å². The summed E-state index contributed by atoms with van der Waals surface area (Å²) in [6.45, 7) is 2.33. The predicted octanol–water partition coefficient (Wildman–Crippen LogP) is -0.647. The van der Waals surface area contributed by atoms with E-state index >= 15 is 0 Å². The Kier molecular flexibility index (Phi) is 4.89. The maximum absolute atomic E-state index is 12.0. The molecule has 0 saturated heterocycles. The molecule has 0 aliphatic heterocycles. The summed E-state index contributed by atoms with van der Waals surface area (Å²) in [7, 11) is 0. The normalized spacial score (nSPS) is 16.9. The van der Waals surface area contributed by atoms with Crippen molar-refractivity contribution in [3.05, 3.63) is 11.4 Å². The van der Waals surface area contributed by atoms with Crippen LogP contribution in [0, 0.1) is 12.8 Å². The summed E-state index contributed by atoms with van der Waals surface area (Å²) >= 11 is 0. The molecule has 21 heavy (non-hydrogen) atoms. The summed E-state index contributed by atoms with van der Waals surface area (Å²) < 4.78 is 1.75. The molecule has 4 N–H and O–H groups in total. The van der Waals surface area contributed by atoms with Crippen molar-refractivity contribution in [2.75, 3.05) is 6.54 Å². The minimum absolute atomic E-state index is 0.213. The lowest BCUT2D eigenvalue weighted by molar-refractivity contribution is -0.125. The van der Waals surface area contributed by atoms with Crippen molar-refractivity contribution in [1.29, 1.82) is 0 Å². The number of rotatable bonds is 6. The molecule has 1 aromatic heterocycles. The highest BCUT2D eigenvalue weighted by Crippen LogP contribution is 2.26. The van der Waals surface area contributed by atoms with Gasteiger partial charge in [-0.15, -0.1) is 5.10 Å². The molecule has 0 spiro atoms. The zero-order chi connectivity index (χ0) is 15.4. The first-order chi connectivity index (χ1) is 9.99. The highest BCUT2D eigenvalue weighted by Gasteiger charge is 2.21. The van der Waals surface area contributed by atoms with Crippen molar-refractivity contribution in [2.24, 2.45) is 11.7 Å². The third kappa shape index (κ3) is 3.78. The molecule has 1 saturated carbocycles. The quantitative estimate of drug-likeness (QED) is 0.643. The van der Waals surface area contributed by atoms with Gasteiger partial charge in [-0.25, -0.2) is 4.68 Å². The van der Waals surface area contributed by atoms with E-state index in [-0.39, 0.29) is 12.2 Å². The van der Waals surface area contributed by atoms with Crippen molar-refractivity contribution < 1.29 is 14.7 Å². The van der Waals surface area contributed by atoms with Gasteiger partial charge in [-0.3, -0.25) is 9.59 Å². The van der Waals surface area contributed by atoms with Crippen molar-refractivity contribution >= 4 is 11.8 Å². The van der Waals surface area contributed by atoms with Crippen LogP contribution in [0.25, 0.3) is 0 Å². The Morgan fingerprint density at radius 1 is 1.48 bits per heavy atom. The lowest BCUT2D eigenvalue weighted by Crippen LogP contribution is -2.40. The summed E-state index contributed by atoms with van der Waals surface area (Å²) in [5.41, 5.74) is 5.81. The Bertz CT molecular complexity index is 522. The number of aromatic nitrogens is 3. The summed E-state index contributed by atoms with van der Waals surface area (Å²) in [6.07, 6.45) is 3.47. The molecule has 1 aliphatic carbocycles. The van der Waals surface area contributed by atoms with Crippen LogP contribution in [0.3, 0.4) is 0 Å². The third-order valence-electron chi connectivity index (χ3n) is 3.89. The number of nitrogens with two attached hydrogens (primary N) is 1. The number of aliphatic hydroxyl groups is 1. The van der Waals surface area contributed by atoms with Crippen LogP contribution >= 0.6 is 0 Å². The topological polar surface area (TPSA) is 123 Å². The minimum atomic E-state index is -1.40. The largest absolute Gasteiger partial charge is 0.381 e. The molecule has 1 unspecified atom stereocenters. The molecule has 1 aliphatic rings. The van der Waals surface area contributed by atoms with Crippen molar-refractivity contribution in [3.63, 3.8) is 0 Å². The van der Waals surface area contributed by atoms with E-state index in [2.05, 4.69) is 15.6 Å². The maximum atomic E-state index is 12.0. The molecule has 2 amide bonds. The highest BCUT2D eigenvalue weighted by atomic mass is 16.3. The number of primary amides is 1. The van der Waals surface area contributed by atoms with Gasteiger partial charge in [-0.05, 0) is 25.7 Å². The van der Waals surface area contributed by atoms with E-state index in [1.54, 1.807) is 11.6 Å². The SMILES string of the molecule is Cc1c(C(=O)NCC(O)C(N)=O)nnn1CC1CCCC1. The van der Waals surface area contributed by atoms with Gasteiger partial charge in [0.15, 0.2) is 5.69 Å². The number of hydrogen-bond acceptors (Lipinski definition) is 5. The van der Waals surface area contributed by atoms with Gasteiger partial charge in [0.05, 0.1) is 12.2 Å². The van der Waals surface area contributed by atoms with Gasteiger partial charge in [-0.2, -0.15) is 0 Å². The van der Waals surface area contributed by atoms with Crippen LogP contribution in [-0.4, -0.2) is 44.6 Å². The van der Waals surface area contributed by atoms with Crippen LogP contribution in [0.4, 0.5) is 0 Å². The van der Waals surface area contributed by atoms with Crippen LogP contribution in [-0.2, 0) is 11.3 Å². The van der Waals surface area contributed by atoms with Crippen molar-refractivity contribution in [1.82, 2.24) is 20.3 Å². The average molecular weight is 295 g/mol. The fraction of sp³-hybridized carbons (Fsp3) is 0.692. The van der Waals surface area contributed by atoms with Gasteiger partial charge in [-0.1, -0.05) is 18.1 Å². The number of carbonyl (C=O) groups is 2. The molecule has 2 rings (SSSR count). The molecular weight excluding hydrogens is 274 g/mol. The van der Waals surface area contributed by atoms with E-state index in [4.69, 9.17) is 5.73 Å². The van der Waals surface area contributed by atoms with E-state index in [0.717, 1.165) is 6.54 Å². The van der Waals surface area contributed by atoms with Gasteiger partial charge in [0.2, 0.25) is 5.91 Å². The van der Waals surface area contributed by atoms with Crippen molar-refractivity contribution in [3.8, 4) is 0 Å². The second kappa shape index (κ2) is 6.66. The number of hydrogen-bond donors (Lipinski definition) is 3. The molecule has 0 radical (unpaired) electrons. The fourth-order valence-corrected chi connectivity index (χ4v) is 2.55. The molecule has 1 aromatic rings. The summed E-state index contributed by atoms with van der Waals surface area (Å²) in [5.74, 6) is -0.750. The first kappa shape index (κ1) is 15.4.